The van der Waals surface area contributed by atoms with Crippen molar-refractivity contribution in [3.63, 3.8) is 0 Å². The number of nitrogens with zero attached hydrogens (tertiary/aromatic N) is 1. The fourth-order valence-electron chi connectivity index (χ4n) is 6.31. The molecule has 4 nitrogen and oxygen atoms in total. The zero-order valence-corrected chi connectivity index (χ0v) is 16.6. The van der Waals surface area contributed by atoms with Crippen LogP contribution >= 0.6 is 0 Å². The molecule has 2 aliphatic heterocycles. The highest BCUT2D eigenvalue weighted by Crippen LogP contribution is 2.53. The number of para-hydroxylation sites is 1. The maximum atomic E-state index is 12.3. The van der Waals surface area contributed by atoms with Crippen molar-refractivity contribution in [3.05, 3.63) is 29.8 Å². The number of rotatable bonds is 5. The van der Waals surface area contributed by atoms with Crippen LogP contribution in [0.3, 0.4) is 0 Å². The van der Waals surface area contributed by atoms with Gasteiger partial charge in [0.05, 0.1) is 11.7 Å². The van der Waals surface area contributed by atoms with Crippen molar-refractivity contribution in [2.24, 2.45) is 17.8 Å². The first-order valence-electron chi connectivity index (χ1n) is 11.0. The minimum atomic E-state index is -0.763. The summed E-state index contributed by atoms with van der Waals surface area (Å²) in [6, 6.07) is 8.40. The van der Waals surface area contributed by atoms with E-state index in [4.69, 9.17) is 0 Å². The summed E-state index contributed by atoms with van der Waals surface area (Å²) in [4.78, 5) is 14.0. The van der Waals surface area contributed by atoms with Gasteiger partial charge in [-0.2, -0.15) is 0 Å². The molecule has 1 amide bonds. The van der Waals surface area contributed by atoms with Crippen molar-refractivity contribution in [1.29, 1.82) is 0 Å². The Balaban J connectivity index is 1.67. The van der Waals surface area contributed by atoms with Crippen LogP contribution in [0.4, 0.5) is 10.5 Å². The summed E-state index contributed by atoms with van der Waals surface area (Å²) >= 11 is 0. The first-order chi connectivity index (χ1) is 13.2. The van der Waals surface area contributed by atoms with E-state index in [9.17, 15) is 9.90 Å². The zero-order valence-electron chi connectivity index (χ0n) is 16.6. The molecule has 1 aromatic rings. The average molecular weight is 371 g/mol. The molecule has 0 radical (unpaired) electrons. The molecule has 148 valence electrons. The molecule has 1 saturated carbocycles. The Morgan fingerprint density at radius 1 is 1.22 bits per heavy atom. The number of hydrogen-bond acceptors (Lipinski definition) is 2. The van der Waals surface area contributed by atoms with Crippen LogP contribution in [0.5, 0.6) is 0 Å². The van der Waals surface area contributed by atoms with Gasteiger partial charge in [-0.1, -0.05) is 44.4 Å². The lowest BCUT2D eigenvalue weighted by Gasteiger charge is -2.45. The lowest BCUT2D eigenvalue weighted by Crippen LogP contribution is -2.49. The molecule has 0 aromatic heterocycles. The van der Waals surface area contributed by atoms with Gasteiger partial charge in [-0.05, 0) is 74.6 Å². The van der Waals surface area contributed by atoms with E-state index >= 15 is 0 Å². The molecule has 27 heavy (non-hydrogen) atoms. The molecular formula is C23H34N2O2. The third-order valence-electron chi connectivity index (χ3n) is 7.43. The second-order valence-corrected chi connectivity index (χ2v) is 8.80. The molecule has 0 spiro atoms. The van der Waals surface area contributed by atoms with Crippen LogP contribution in [-0.4, -0.2) is 30.3 Å². The van der Waals surface area contributed by atoms with Gasteiger partial charge in [0, 0.05) is 5.92 Å². The molecule has 2 heterocycles. The van der Waals surface area contributed by atoms with E-state index in [1.807, 2.05) is 12.1 Å². The van der Waals surface area contributed by atoms with Crippen LogP contribution in [0.25, 0.3) is 0 Å². The van der Waals surface area contributed by atoms with Crippen molar-refractivity contribution in [1.82, 2.24) is 5.32 Å². The number of nitrogens with one attached hydrogen (secondary N) is 1. The minimum absolute atomic E-state index is 0.144. The second kappa shape index (κ2) is 8.22. The maximum absolute atomic E-state index is 12.3. The van der Waals surface area contributed by atoms with Crippen molar-refractivity contribution < 1.29 is 9.90 Å². The molecule has 2 fully saturated rings. The Morgan fingerprint density at radius 3 is 2.74 bits per heavy atom. The average Bonchev–Trinajstić information content (AvgIpc) is 3.04. The van der Waals surface area contributed by atoms with Gasteiger partial charge in [0.1, 0.15) is 0 Å². The van der Waals surface area contributed by atoms with Crippen LogP contribution < -0.4 is 10.2 Å². The summed E-state index contributed by atoms with van der Waals surface area (Å²) in [6.45, 7) is 4.52. The van der Waals surface area contributed by atoms with Crippen LogP contribution in [0.1, 0.15) is 69.8 Å². The van der Waals surface area contributed by atoms with Gasteiger partial charge in [0.25, 0.3) is 0 Å². The Morgan fingerprint density at radius 2 is 2.00 bits per heavy atom. The molecule has 1 aliphatic carbocycles. The van der Waals surface area contributed by atoms with E-state index in [2.05, 4.69) is 24.4 Å². The van der Waals surface area contributed by atoms with E-state index in [0.717, 1.165) is 31.1 Å². The van der Waals surface area contributed by atoms with E-state index in [-0.39, 0.29) is 6.04 Å². The topological polar surface area (TPSA) is 52.6 Å². The number of amides is 1. The van der Waals surface area contributed by atoms with E-state index in [1.54, 1.807) is 4.90 Å². The summed E-state index contributed by atoms with van der Waals surface area (Å²) in [5.41, 5.74) is 2.22. The summed E-state index contributed by atoms with van der Waals surface area (Å²) in [6.07, 6.45) is 9.06. The molecule has 0 bridgehead atoms. The number of piperidine rings is 1. The predicted octanol–water partition coefficient (Wildman–Crippen LogP) is 5.24. The first kappa shape index (κ1) is 18.8. The fraction of sp³-hybridized carbons (Fsp3) is 0.696. The van der Waals surface area contributed by atoms with Gasteiger partial charge in [-0.3, -0.25) is 4.90 Å². The van der Waals surface area contributed by atoms with E-state index in [0.29, 0.717) is 17.8 Å². The van der Waals surface area contributed by atoms with Gasteiger partial charge in [0.2, 0.25) is 0 Å². The van der Waals surface area contributed by atoms with Crippen LogP contribution in [0.2, 0.25) is 0 Å². The lowest BCUT2D eigenvalue weighted by molar-refractivity contribution is 0.109. The monoisotopic (exact) mass is 370 g/mol. The highest BCUT2D eigenvalue weighted by molar-refractivity contribution is 5.90. The SMILES string of the molecule is CCCCC(C1CCNCC1)C1CCCC2c3ccccc3N(C(=O)O)C21. The molecular weight excluding hydrogens is 336 g/mol. The molecule has 4 unspecified atom stereocenters. The third-order valence-corrected chi connectivity index (χ3v) is 7.43. The summed E-state index contributed by atoms with van der Waals surface area (Å²) < 4.78 is 0. The van der Waals surface area contributed by atoms with Gasteiger partial charge in [0.15, 0.2) is 0 Å². The Hall–Kier alpha value is -1.55. The highest BCUT2D eigenvalue weighted by Gasteiger charge is 2.50. The second-order valence-electron chi connectivity index (χ2n) is 8.80. The Bertz CT molecular complexity index is 656. The number of carbonyl (C=O) groups is 1. The lowest BCUT2D eigenvalue weighted by atomic mass is 9.64. The van der Waals surface area contributed by atoms with Crippen LogP contribution in [0.15, 0.2) is 24.3 Å². The molecule has 4 atom stereocenters. The van der Waals surface area contributed by atoms with Crippen molar-refractivity contribution in [3.8, 4) is 0 Å². The molecule has 1 saturated heterocycles. The first-order valence-corrected chi connectivity index (χ1v) is 11.0. The highest BCUT2D eigenvalue weighted by atomic mass is 16.4. The van der Waals surface area contributed by atoms with Gasteiger partial charge in [-0.25, -0.2) is 4.79 Å². The quantitative estimate of drug-likeness (QED) is 0.745. The van der Waals surface area contributed by atoms with Crippen molar-refractivity contribution in [2.75, 3.05) is 18.0 Å². The Labute approximate surface area is 163 Å². The van der Waals surface area contributed by atoms with Gasteiger partial charge < -0.3 is 10.4 Å². The number of benzene rings is 1. The molecule has 4 rings (SSSR count). The molecule has 1 aromatic carbocycles. The number of fused-ring (bicyclic) bond motifs is 3. The number of hydrogen-bond donors (Lipinski definition) is 2. The van der Waals surface area contributed by atoms with E-state index in [1.165, 1.54) is 50.5 Å². The van der Waals surface area contributed by atoms with Crippen molar-refractivity contribution >= 4 is 11.8 Å². The standard InChI is InChI=1S/C23H34N2O2/c1-2-3-7-17(16-12-14-24-15-13-16)19-9-6-10-20-18-8-4-5-11-21(18)25(22(19)20)23(26)27/h4-5,8,11,16-17,19-20,22,24H,2-3,6-7,9-10,12-15H2,1H3,(H,26,27). The maximum Gasteiger partial charge on any atom is 0.412 e. The summed E-state index contributed by atoms with van der Waals surface area (Å²) in [5, 5.41) is 13.6. The van der Waals surface area contributed by atoms with Crippen LogP contribution in [-0.2, 0) is 0 Å². The number of carboxylic acid groups (broad SMARTS) is 1. The molecule has 3 aliphatic rings. The van der Waals surface area contributed by atoms with Gasteiger partial charge in [-0.15, -0.1) is 0 Å². The third kappa shape index (κ3) is 3.49. The van der Waals surface area contributed by atoms with Crippen molar-refractivity contribution in [2.45, 2.75) is 70.3 Å². The summed E-state index contributed by atoms with van der Waals surface area (Å²) in [5.74, 6) is 2.31. The molecule has 2 N–H and O–H groups in total. The largest absolute Gasteiger partial charge is 0.465 e. The molecule has 4 heteroatoms. The van der Waals surface area contributed by atoms with E-state index < -0.39 is 6.09 Å². The summed E-state index contributed by atoms with van der Waals surface area (Å²) in [7, 11) is 0. The van der Waals surface area contributed by atoms with Gasteiger partial charge >= 0.3 is 6.09 Å². The minimum Gasteiger partial charge on any atom is -0.465 e. The number of unbranched alkanes of at least 4 members (excludes halogenated alkanes) is 1. The predicted molar refractivity (Wildman–Crippen MR) is 109 cm³/mol. The smallest absolute Gasteiger partial charge is 0.412 e. The zero-order chi connectivity index (χ0) is 18.8. The normalized spacial score (nSPS) is 29.2. The fourth-order valence-corrected chi connectivity index (χ4v) is 6.31. The Kier molecular flexibility index (Phi) is 5.72. The number of anilines is 1. The van der Waals surface area contributed by atoms with Crippen LogP contribution in [0, 0.1) is 17.8 Å².